The molecule has 6 nitrogen and oxygen atoms in total. The zero-order valence-corrected chi connectivity index (χ0v) is 19.5. The Labute approximate surface area is 199 Å². The van der Waals surface area contributed by atoms with E-state index in [0.717, 1.165) is 45.2 Å². The molecule has 0 unspecified atom stereocenters. The molecular weight excluding hydrogens is 430 g/mol. The van der Waals surface area contributed by atoms with Crippen LogP contribution in [0.2, 0.25) is 0 Å². The van der Waals surface area contributed by atoms with Crippen LogP contribution in [-0.4, -0.2) is 35.3 Å². The topological polar surface area (TPSA) is 83.1 Å². The number of para-hydroxylation sites is 1. The van der Waals surface area contributed by atoms with Crippen LogP contribution in [0.15, 0.2) is 69.9 Å². The van der Waals surface area contributed by atoms with Crippen LogP contribution in [0.5, 0.6) is 17.2 Å². The summed E-state index contributed by atoms with van der Waals surface area (Å²) in [5.41, 5.74) is 1.78. The number of nitrogens with zero attached hydrogens (tertiary/aromatic N) is 1. The standard InChI is InChI=1S/C28H31NO5/c1-29(19-20-11-13-21(30)14-12-20)15-7-3-2-4-8-16-33-22-17-24(31)27-26(18-22)34-25-10-6-5-9-23(25)28(27)32/h5-6,9-14,17-18,30-31H,2-4,7-8,15-16,19H2,1H3. The fourth-order valence-corrected chi connectivity index (χ4v) is 4.16. The molecule has 1 heterocycles. The van der Waals surface area contributed by atoms with E-state index < -0.39 is 0 Å². The summed E-state index contributed by atoms with van der Waals surface area (Å²) in [5, 5.41) is 20.4. The smallest absolute Gasteiger partial charge is 0.204 e. The highest BCUT2D eigenvalue weighted by Crippen LogP contribution is 2.30. The van der Waals surface area contributed by atoms with Gasteiger partial charge in [0.2, 0.25) is 5.43 Å². The molecule has 4 aromatic rings. The number of benzene rings is 3. The zero-order chi connectivity index (χ0) is 23.9. The number of hydrogen-bond acceptors (Lipinski definition) is 6. The van der Waals surface area contributed by atoms with E-state index in [1.807, 2.05) is 18.2 Å². The molecule has 0 fully saturated rings. The molecule has 2 N–H and O–H groups in total. The molecule has 0 spiro atoms. The predicted molar refractivity (Wildman–Crippen MR) is 135 cm³/mol. The van der Waals surface area contributed by atoms with Crippen LogP contribution in [0.4, 0.5) is 0 Å². The molecule has 1 aromatic heterocycles. The lowest BCUT2D eigenvalue weighted by molar-refractivity contribution is 0.297. The highest BCUT2D eigenvalue weighted by molar-refractivity contribution is 5.93. The predicted octanol–water partition coefficient (Wildman–Crippen LogP) is 5.82. The Morgan fingerprint density at radius 2 is 1.62 bits per heavy atom. The fraction of sp³-hybridized carbons (Fsp3) is 0.321. The van der Waals surface area contributed by atoms with Crippen molar-refractivity contribution in [3.8, 4) is 17.2 Å². The van der Waals surface area contributed by atoms with Crippen molar-refractivity contribution >= 4 is 21.9 Å². The van der Waals surface area contributed by atoms with Crippen LogP contribution in [0.1, 0.15) is 37.7 Å². The minimum atomic E-state index is -0.241. The molecule has 0 bridgehead atoms. The van der Waals surface area contributed by atoms with Crippen LogP contribution in [0.25, 0.3) is 21.9 Å². The minimum absolute atomic E-state index is 0.122. The Morgan fingerprint density at radius 3 is 2.44 bits per heavy atom. The van der Waals surface area contributed by atoms with Gasteiger partial charge in [-0.15, -0.1) is 0 Å². The van der Waals surface area contributed by atoms with Crippen LogP contribution < -0.4 is 10.2 Å². The second kappa shape index (κ2) is 11.1. The summed E-state index contributed by atoms with van der Waals surface area (Å²) in [7, 11) is 2.12. The molecule has 0 aliphatic carbocycles. The minimum Gasteiger partial charge on any atom is -0.508 e. The Bertz CT molecular complexity index is 1300. The van der Waals surface area contributed by atoms with E-state index in [9.17, 15) is 15.0 Å². The zero-order valence-electron chi connectivity index (χ0n) is 19.5. The van der Waals surface area contributed by atoms with E-state index in [-0.39, 0.29) is 16.6 Å². The molecule has 0 amide bonds. The molecule has 34 heavy (non-hydrogen) atoms. The van der Waals surface area contributed by atoms with Gasteiger partial charge >= 0.3 is 0 Å². The lowest BCUT2D eigenvalue weighted by Gasteiger charge is -2.16. The van der Waals surface area contributed by atoms with E-state index in [1.54, 1.807) is 36.4 Å². The molecule has 0 aliphatic heterocycles. The normalized spacial score (nSPS) is 11.5. The first-order chi connectivity index (χ1) is 16.5. The molecule has 4 rings (SSSR count). The number of rotatable bonds is 11. The van der Waals surface area contributed by atoms with E-state index in [0.29, 0.717) is 34.7 Å². The van der Waals surface area contributed by atoms with Crippen LogP contribution in [0, 0.1) is 0 Å². The van der Waals surface area contributed by atoms with Crippen molar-refractivity contribution in [3.05, 3.63) is 76.5 Å². The average Bonchev–Trinajstić information content (AvgIpc) is 2.82. The van der Waals surface area contributed by atoms with Gasteiger partial charge < -0.3 is 24.3 Å². The maximum Gasteiger partial charge on any atom is 0.204 e. The Morgan fingerprint density at radius 1 is 0.882 bits per heavy atom. The largest absolute Gasteiger partial charge is 0.508 e. The molecule has 0 atom stereocenters. The van der Waals surface area contributed by atoms with Crippen molar-refractivity contribution in [2.24, 2.45) is 0 Å². The van der Waals surface area contributed by atoms with Crippen molar-refractivity contribution < 1.29 is 19.4 Å². The number of ether oxygens (including phenoxy) is 1. The summed E-state index contributed by atoms with van der Waals surface area (Å²) >= 11 is 0. The molecule has 6 heteroatoms. The summed E-state index contributed by atoms with van der Waals surface area (Å²) in [6.07, 6.45) is 5.43. The van der Waals surface area contributed by atoms with E-state index in [4.69, 9.17) is 9.15 Å². The van der Waals surface area contributed by atoms with Gasteiger partial charge in [0.05, 0.1) is 12.0 Å². The van der Waals surface area contributed by atoms with Crippen molar-refractivity contribution in [2.75, 3.05) is 20.2 Å². The Balaban J connectivity index is 1.18. The van der Waals surface area contributed by atoms with Crippen molar-refractivity contribution in [3.63, 3.8) is 0 Å². The maximum atomic E-state index is 12.7. The monoisotopic (exact) mass is 461 g/mol. The quantitative estimate of drug-likeness (QED) is 0.216. The summed E-state index contributed by atoms with van der Waals surface area (Å²) in [4.78, 5) is 15.0. The summed E-state index contributed by atoms with van der Waals surface area (Å²) in [6.45, 7) is 2.46. The van der Waals surface area contributed by atoms with Gasteiger partial charge in [0.25, 0.3) is 0 Å². The SMILES string of the molecule is CN(CCCCCCCOc1cc(O)c2c(=O)c3ccccc3oc2c1)Cc1ccc(O)cc1. The van der Waals surface area contributed by atoms with Crippen molar-refractivity contribution in [1.82, 2.24) is 4.90 Å². The molecule has 0 aliphatic rings. The maximum absolute atomic E-state index is 12.7. The highest BCUT2D eigenvalue weighted by atomic mass is 16.5. The first-order valence-corrected chi connectivity index (χ1v) is 11.8. The lowest BCUT2D eigenvalue weighted by Crippen LogP contribution is -2.18. The van der Waals surface area contributed by atoms with Gasteiger partial charge in [-0.3, -0.25) is 4.79 Å². The number of aromatic hydroxyl groups is 2. The van der Waals surface area contributed by atoms with Gasteiger partial charge in [0.1, 0.15) is 33.8 Å². The van der Waals surface area contributed by atoms with Gasteiger partial charge in [-0.1, -0.05) is 43.5 Å². The highest BCUT2D eigenvalue weighted by Gasteiger charge is 2.13. The van der Waals surface area contributed by atoms with Crippen LogP contribution in [-0.2, 0) is 6.54 Å². The van der Waals surface area contributed by atoms with E-state index in [2.05, 4.69) is 11.9 Å². The van der Waals surface area contributed by atoms with E-state index in [1.165, 1.54) is 11.6 Å². The number of phenols is 2. The summed E-state index contributed by atoms with van der Waals surface area (Å²) in [5.74, 6) is 0.677. The second-order valence-electron chi connectivity index (χ2n) is 8.76. The lowest BCUT2D eigenvalue weighted by atomic mass is 10.1. The number of hydrogen-bond donors (Lipinski definition) is 2. The van der Waals surface area contributed by atoms with Gasteiger partial charge in [0, 0.05) is 18.7 Å². The third kappa shape index (κ3) is 5.88. The number of fused-ring (bicyclic) bond motifs is 2. The van der Waals surface area contributed by atoms with E-state index >= 15 is 0 Å². The van der Waals surface area contributed by atoms with Crippen molar-refractivity contribution in [1.29, 1.82) is 0 Å². The molecule has 3 aromatic carbocycles. The molecule has 0 saturated carbocycles. The van der Waals surface area contributed by atoms with Gasteiger partial charge in [0.15, 0.2) is 0 Å². The molecule has 0 radical (unpaired) electrons. The summed E-state index contributed by atoms with van der Waals surface area (Å²) in [6, 6.07) is 17.5. The van der Waals surface area contributed by atoms with Gasteiger partial charge in [-0.05, 0) is 56.3 Å². The number of phenolic OH excluding ortho intramolecular Hbond substituents is 2. The first-order valence-electron chi connectivity index (χ1n) is 11.8. The Kier molecular flexibility index (Phi) is 7.70. The fourth-order valence-electron chi connectivity index (χ4n) is 4.16. The molecule has 178 valence electrons. The average molecular weight is 462 g/mol. The van der Waals surface area contributed by atoms with Crippen LogP contribution >= 0.6 is 0 Å². The molecule has 0 saturated heterocycles. The number of unbranched alkanes of at least 4 members (excludes halogenated alkanes) is 4. The third-order valence-corrected chi connectivity index (χ3v) is 5.98. The van der Waals surface area contributed by atoms with Gasteiger partial charge in [-0.25, -0.2) is 0 Å². The first kappa shape index (κ1) is 23.6. The van der Waals surface area contributed by atoms with Crippen LogP contribution in [0.3, 0.4) is 0 Å². The third-order valence-electron chi connectivity index (χ3n) is 5.98. The Hall–Kier alpha value is -3.51. The second-order valence-corrected chi connectivity index (χ2v) is 8.76. The summed E-state index contributed by atoms with van der Waals surface area (Å²) < 4.78 is 11.6. The van der Waals surface area contributed by atoms with Crippen molar-refractivity contribution in [2.45, 2.75) is 38.6 Å². The molecular formula is C28H31NO5. The van der Waals surface area contributed by atoms with Gasteiger partial charge in [-0.2, -0.15) is 0 Å².